The van der Waals surface area contributed by atoms with E-state index in [-0.39, 0.29) is 30.6 Å². The van der Waals surface area contributed by atoms with Crippen molar-refractivity contribution in [3.63, 3.8) is 0 Å². The number of imide groups is 1. The van der Waals surface area contributed by atoms with Crippen LogP contribution in [0.25, 0.3) is 0 Å². The number of rotatable bonds is 6. The summed E-state index contributed by atoms with van der Waals surface area (Å²) in [6.45, 7) is 1.63. The van der Waals surface area contributed by atoms with Gasteiger partial charge < -0.3 is 10.1 Å². The van der Waals surface area contributed by atoms with Crippen molar-refractivity contribution in [2.45, 2.75) is 18.6 Å². The van der Waals surface area contributed by atoms with Gasteiger partial charge in [0.15, 0.2) is 5.17 Å². The summed E-state index contributed by atoms with van der Waals surface area (Å²) in [7, 11) is 0. The smallest absolute Gasteiger partial charge is 0.327 e. The van der Waals surface area contributed by atoms with E-state index < -0.39 is 22.9 Å². The molecule has 0 spiro atoms. The molecular weight excluding hydrogens is 445 g/mol. The van der Waals surface area contributed by atoms with Gasteiger partial charge in [-0.15, -0.1) is 0 Å². The third kappa shape index (κ3) is 6.05. The van der Waals surface area contributed by atoms with E-state index in [1.54, 1.807) is 25.1 Å². The Labute approximate surface area is 187 Å². The van der Waals surface area contributed by atoms with Crippen LogP contribution >= 0.6 is 23.4 Å². The van der Waals surface area contributed by atoms with Gasteiger partial charge in [0.25, 0.3) is 0 Å². The van der Waals surface area contributed by atoms with Crippen LogP contribution in [0.5, 0.6) is 0 Å². The monoisotopic (exact) mass is 463 g/mol. The first kappa shape index (κ1) is 22.8. The molecule has 1 atom stereocenters. The molecule has 7 nitrogen and oxygen atoms in total. The number of carbonyl (C=O) groups excluding carboxylic acids is 3. The number of hydrogen-bond donors (Lipinski definition) is 1. The molecule has 1 fully saturated rings. The molecule has 2 aromatic rings. The lowest BCUT2D eigenvalue weighted by atomic mass is 10.3. The predicted octanol–water partition coefficient (Wildman–Crippen LogP) is 3.88. The predicted molar refractivity (Wildman–Crippen MR) is 119 cm³/mol. The van der Waals surface area contributed by atoms with E-state index in [1.807, 2.05) is 0 Å². The molecule has 1 heterocycles. The molecule has 0 aromatic heterocycles. The maximum Gasteiger partial charge on any atom is 0.327 e. The summed E-state index contributed by atoms with van der Waals surface area (Å²) >= 11 is 7.00. The minimum Gasteiger partial charge on any atom is -0.465 e. The number of carbonyl (C=O) groups is 3. The number of ether oxygens (including phenoxy) is 1. The summed E-state index contributed by atoms with van der Waals surface area (Å²) in [4.78, 5) is 42.4. The Hall–Kier alpha value is -2.91. The quantitative estimate of drug-likeness (QED) is 0.303. The van der Waals surface area contributed by atoms with Crippen molar-refractivity contribution in [2.24, 2.45) is 4.99 Å². The van der Waals surface area contributed by atoms with E-state index in [9.17, 15) is 18.8 Å². The minimum atomic E-state index is -0.750. The molecule has 162 valence electrons. The third-order valence-electron chi connectivity index (χ3n) is 4.18. The Kier molecular flexibility index (Phi) is 7.64. The van der Waals surface area contributed by atoms with Crippen molar-refractivity contribution in [1.29, 1.82) is 0 Å². The number of aliphatic imine (C=N–C) groups is 1. The van der Waals surface area contributed by atoms with Crippen molar-refractivity contribution in [2.75, 3.05) is 23.4 Å². The Bertz CT molecular complexity index is 1020. The van der Waals surface area contributed by atoms with Crippen molar-refractivity contribution in [3.05, 3.63) is 59.4 Å². The normalized spacial score (nSPS) is 16.5. The highest BCUT2D eigenvalue weighted by atomic mass is 35.5. The molecular formula is C21H19ClFN3O4S. The van der Waals surface area contributed by atoms with Crippen LogP contribution in [0, 0.1) is 5.82 Å². The highest BCUT2D eigenvalue weighted by Gasteiger charge is 2.41. The van der Waals surface area contributed by atoms with Crippen LogP contribution in [-0.2, 0) is 19.1 Å². The van der Waals surface area contributed by atoms with E-state index in [2.05, 4.69) is 10.3 Å². The number of anilines is 2. The Morgan fingerprint density at radius 3 is 2.71 bits per heavy atom. The summed E-state index contributed by atoms with van der Waals surface area (Å²) in [5.41, 5.74) is 0.905. The van der Waals surface area contributed by atoms with Crippen LogP contribution < -0.4 is 10.2 Å². The fourth-order valence-corrected chi connectivity index (χ4v) is 4.03. The van der Waals surface area contributed by atoms with Gasteiger partial charge in [-0.25, -0.2) is 9.29 Å². The Morgan fingerprint density at radius 1 is 1.29 bits per heavy atom. The number of nitrogens with zero attached hydrogens (tertiary/aromatic N) is 2. The average molecular weight is 464 g/mol. The average Bonchev–Trinajstić information content (AvgIpc) is 3.01. The molecule has 1 aliphatic rings. The summed E-state index contributed by atoms with van der Waals surface area (Å²) in [5.74, 6) is -1.72. The van der Waals surface area contributed by atoms with E-state index >= 15 is 0 Å². The second kappa shape index (κ2) is 10.4. The number of halogens is 2. The molecule has 0 radical (unpaired) electrons. The van der Waals surface area contributed by atoms with Gasteiger partial charge in [0, 0.05) is 17.1 Å². The number of benzene rings is 2. The van der Waals surface area contributed by atoms with Crippen molar-refractivity contribution in [1.82, 2.24) is 0 Å². The number of nitrogens with one attached hydrogen (secondary N) is 1. The SMILES string of the molecule is CCOC(=O)CN=C(Nc1ccc(F)cc1)S[C@@H]1CC(=O)N(c2cccc(Cl)c2)C1=O. The van der Waals surface area contributed by atoms with Crippen molar-refractivity contribution >= 4 is 57.7 Å². The highest BCUT2D eigenvalue weighted by Crippen LogP contribution is 2.31. The summed E-state index contributed by atoms with van der Waals surface area (Å²) in [5, 5.41) is 2.86. The molecule has 0 bridgehead atoms. The molecule has 3 rings (SSSR count). The van der Waals surface area contributed by atoms with Gasteiger partial charge in [-0.2, -0.15) is 0 Å². The molecule has 1 aliphatic heterocycles. The number of amidine groups is 1. The standard InChI is InChI=1S/C21H19ClFN3O4S/c1-2-30-19(28)12-24-21(25-15-8-6-14(23)7-9-15)31-17-11-18(27)26(20(17)29)16-5-3-4-13(22)10-16/h3-10,17H,2,11-12H2,1H3,(H,24,25)/t17-/m1/s1. The second-order valence-electron chi connectivity index (χ2n) is 6.42. The summed E-state index contributed by atoms with van der Waals surface area (Å²) in [6, 6.07) is 12.0. The van der Waals surface area contributed by atoms with Crippen LogP contribution in [0.15, 0.2) is 53.5 Å². The summed E-state index contributed by atoms with van der Waals surface area (Å²) < 4.78 is 18.1. The topological polar surface area (TPSA) is 88.1 Å². The zero-order valence-corrected chi connectivity index (χ0v) is 18.1. The molecule has 2 aromatic carbocycles. The maximum atomic E-state index is 13.2. The van der Waals surface area contributed by atoms with Crippen LogP contribution in [0.1, 0.15) is 13.3 Å². The number of hydrogen-bond acceptors (Lipinski definition) is 6. The molecule has 2 amide bonds. The lowest BCUT2D eigenvalue weighted by molar-refractivity contribution is -0.141. The third-order valence-corrected chi connectivity index (χ3v) is 5.52. The first-order valence-corrected chi connectivity index (χ1v) is 10.6. The van der Waals surface area contributed by atoms with Gasteiger partial charge >= 0.3 is 5.97 Å². The fourth-order valence-electron chi connectivity index (χ4n) is 2.82. The van der Waals surface area contributed by atoms with E-state index in [1.165, 1.54) is 30.3 Å². The van der Waals surface area contributed by atoms with Gasteiger partial charge in [-0.05, 0) is 49.4 Å². The van der Waals surface area contributed by atoms with Crippen LogP contribution in [0.2, 0.25) is 5.02 Å². The van der Waals surface area contributed by atoms with Crippen molar-refractivity contribution < 1.29 is 23.5 Å². The van der Waals surface area contributed by atoms with Gasteiger partial charge in [-0.3, -0.25) is 19.4 Å². The Morgan fingerprint density at radius 2 is 2.03 bits per heavy atom. The van der Waals surface area contributed by atoms with E-state index in [0.717, 1.165) is 16.7 Å². The summed E-state index contributed by atoms with van der Waals surface area (Å²) in [6.07, 6.45) is -0.0421. The molecule has 1 saturated heterocycles. The molecule has 0 aliphatic carbocycles. The zero-order chi connectivity index (χ0) is 22.4. The molecule has 31 heavy (non-hydrogen) atoms. The first-order valence-electron chi connectivity index (χ1n) is 9.39. The molecule has 0 saturated carbocycles. The van der Waals surface area contributed by atoms with Gasteiger partial charge in [-0.1, -0.05) is 29.4 Å². The maximum absolute atomic E-state index is 13.2. The van der Waals surface area contributed by atoms with Gasteiger partial charge in [0.2, 0.25) is 11.8 Å². The second-order valence-corrected chi connectivity index (χ2v) is 8.04. The van der Waals surface area contributed by atoms with Gasteiger partial charge in [0.1, 0.15) is 17.6 Å². The van der Waals surface area contributed by atoms with Crippen LogP contribution in [0.3, 0.4) is 0 Å². The molecule has 0 unspecified atom stereocenters. The lowest BCUT2D eigenvalue weighted by Crippen LogP contribution is -2.31. The van der Waals surface area contributed by atoms with E-state index in [4.69, 9.17) is 16.3 Å². The van der Waals surface area contributed by atoms with E-state index in [0.29, 0.717) is 16.4 Å². The molecule has 1 N–H and O–H groups in total. The largest absolute Gasteiger partial charge is 0.465 e. The van der Waals surface area contributed by atoms with Crippen LogP contribution in [-0.4, -0.2) is 41.4 Å². The van der Waals surface area contributed by atoms with Gasteiger partial charge in [0.05, 0.1) is 12.3 Å². The van der Waals surface area contributed by atoms with Crippen molar-refractivity contribution in [3.8, 4) is 0 Å². The highest BCUT2D eigenvalue weighted by molar-refractivity contribution is 8.15. The number of esters is 1. The first-order chi connectivity index (χ1) is 14.9. The fraction of sp³-hybridized carbons (Fsp3) is 0.238. The molecule has 10 heteroatoms. The number of thioether (sulfide) groups is 1. The van der Waals surface area contributed by atoms with Crippen LogP contribution in [0.4, 0.5) is 15.8 Å². The Balaban J connectivity index is 1.78. The lowest BCUT2D eigenvalue weighted by Gasteiger charge is -2.16. The minimum absolute atomic E-state index is 0.0421. The number of amides is 2. The zero-order valence-electron chi connectivity index (χ0n) is 16.5.